The molecule has 0 spiro atoms. The van der Waals surface area contributed by atoms with Crippen LogP contribution < -0.4 is 10.1 Å². The number of nitrogens with zero attached hydrogens (tertiary/aromatic N) is 2. The maximum Gasteiger partial charge on any atom is 0.321 e. The second-order valence-electron chi connectivity index (χ2n) is 4.09. The third-order valence-corrected chi connectivity index (χ3v) is 3.05. The van der Waals surface area contributed by atoms with E-state index in [9.17, 15) is 4.79 Å². The molecule has 0 unspecified atom stereocenters. The number of ether oxygens (including phenoxy) is 1. The van der Waals surface area contributed by atoms with Gasteiger partial charge in [0, 0.05) is 18.1 Å². The Balaban J connectivity index is 2.08. The first kappa shape index (κ1) is 14.3. The standard InChI is InChI=1S/C14H15N3O2S/c1-10-8-11(19-14-15-6-3-7-16-14)4-5-12(10)17-13(18)9-20-2/h3-8H,9H2,1-2H3,(H,17,18). The van der Waals surface area contributed by atoms with Crippen LogP contribution in [0.1, 0.15) is 5.56 Å². The first-order chi connectivity index (χ1) is 9.69. The summed E-state index contributed by atoms with van der Waals surface area (Å²) in [7, 11) is 0. The Morgan fingerprint density at radius 1 is 1.35 bits per heavy atom. The first-order valence-electron chi connectivity index (χ1n) is 6.03. The highest BCUT2D eigenvalue weighted by Gasteiger charge is 2.06. The molecule has 0 saturated carbocycles. The summed E-state index contributed by atoms with van der Waals surface area (Å²) in [6.45, 7) is 1.91. The van der Waals surface area contributed by atoms with Gasteiger partial charge in [-0.3, -0.25) is 4.79 Å². The fourth-order valence-electron chi connectivity index (χ4n) is 1.60. The predicted octanol–water partition coefficient (Wildman–Crippen LogP) is 2.88. The van der Waals surface area contributed by atoms with E-state index in [4.69, 9.17) is 4.74 Å². The van der Waals surface area contributed by atoms with Crippen molar-refractivity contribution in [2.24, 2.45) is 0 Å². The lowest BCUT2D eigenvalue weighted by Crippen LogP contribution is -2.14. The van der Waals surface area contributed by atoms with Crippen LogP contribution in [0.3, 0.4) is 0 Å². The minimum absolute atomic E-state index is 0.0133. The van der Waals surface area contributed by atoms with Crippen molar-refractivity contribution in [1.82, 2.24) is 9.97 Å². The molecule has 6 heteroatoms. The average Bonchev–Trinajstić information content (AvgIpc) is 2.43. The van der Waals surface area contributed by atoms with E-state index in [1.54, 1.807) is 24.5 Å². The van der Waals surface area contributed by atoms with E-state index in [0.717, 1.165) is 11.3 Å². The highest BCUT2D eigenvalue weighted by Crippen LogP contribution is 2.24. The monoisotopic (exact) mass is 289 g/mol. The van der Waals surface area contributed by atoms with Crippen LogP contribution in [0.2, 0.25) is 0 Å². The van der Waals surface area contributed by atoms with Crippen LogP contribution in [0.4, 0.5) is 5.69 Å². The van der Waals surface area contributed by atoms with Crippen molar-refractivity contribution in [3.05, 3.63) is 42.2 Å². The zero-order chi connectivity index (χ0) is 14.4. The lowest BCUT2D eigenvalue weighted by molar-refractivity contribution is -0.113. The van der Waals surface area contributed by atoms with Crippen molar-refractivity contribution in [2.75, 3.05) is 17.3 Å². The van der Waals surface area contributed by atoms with Gasteiger partial charge in [0.05, 0.1) is 5.75 Å². The van der Waals surface area contributed by atoms with E-state index in [1.165, 1.54) is 11.8 Å². The van der Waals surface area contributed by atoms with Gasteiger partial charge in [-0.05, 0) is 43.0 Å². The molecule has 104 valence electrons. The SMILES string of the molecule is CSCC(=O)Nc1ccc(Oc2ncccn2)cc1C. The number of benzene rings is 1. The number of anilines is 1. The highest BCUT2D eigenvalue weighted by atomic mass is 32.2. The number of rotatable bonds is 5. The zero-order valence-corrected chi connectivity index (χ0v) is 12.1. The van der Waals surface area contributed by atoms with Crippen LogP contribution in [0.25, 0.3) is 0 Å². The molecule has 0 aliphatic heterocycles. The normalized spacial score (nSPS) is 10.1. The number of thioether (sulfide) groups is 1. The third kappa shape index (κ3) is 3.96. The largest absolute Gasteiger partial charge is 0.424 e. The molecule has 0 aliphatic rings. The summed E-state index contributed by atoms with van der Waals surface area (Å²) in [5, 5.41) is 2.86. The van der Waals surface area contributed by atoms with Gasteiger partial charge in [0.15, 0.2) is 0 Å². The van der Waals surface area contributed by atoms with E-state index >= 15 is 0 Å². The molecule has 5 nitrogen and oxygen atoms in total. The first-order valence-corrected chi connectivity index (χ1v) is 7.43. The summed E-state index contributed by atoms with van der Waals surface area (Å²) >= 11 is 1.49. The van der Waals surface area contributed by atoms with Crippen molar-refractivity contribution >= 4 is 23.4 Å². The van der Waals surface area contributed by atoms with E-state index < -0.39 is 0 Å². The minimum atomic E-state index is -0.0133. The predicted molar refractivity (Wildman–Crippen MR) is 80.3 cm³/mol. The van der Waals surface area contributed by atoms with Crippen molar-refractivity contribution < 1.29 is 9.53 Å². The lowest BCUT2D eigenvalue weighted by atomic mass is 10.2. The van der Waals surface area contributed by atoms with Gasteiger partial charge >= 0.3 is 6.01 Å². The van der Waals surface area contributed by atoms with Gasteiger partial charge in [-0.15, -0.1) is 0 Å². The molecular weight excluding hydrogens is 274 g/mol. The van der Waals surface area contributed by atoms with Crippen LogP contribution in [0.5, 0.6) is 11.8 Å². The van der Waals surface area contributed by atoms with Crippen LogP contribution >= 0.6 is 11.8 Å². The number of nitrogens with one attached hydrogen (secondary N) is 1. The topological polar surface area (TPSA) is 64.1 Å². The molecule has 2 aromatic rings. The molecule has 1 aromatic heterocycles. The van der Waals surface area contributed by atoms with Crippen LogP contribution in [0, 0.1) is 6.92 Å². The number of amides is 1. The van der Waals surface area contributed by atoms with E-state index in [1.807, 2.05) is 25.3 Å². The molecule has 20 heavy (non-hydrogen) atoms. The van der Waals surface area contributed by atoms with Crippen LogP contribution in [-0.4, -0.2) is 27.9 Å². The second-order valence-corrected chi connectivity index (χ2v) is 4.96. The quantitative estimate of drug-likeness (QED) is 0.917. The molecule has 1 aromatic carbocycles. The molecule has 2 rings (SSSR count). The summed E-state index contributed by atoms with van der Waals surface area (Å²) in [5.41, 5.74) is 1.71. The molecule has 1 heterocycles. The van der Waals surface area contributed by atoms with Crippen LogP contribution in [-0.2, 0) is 4.79 Å². The molecule has 0 bridgehead atoms. The van der Waals surface area contributed by atoms with Gasteiger partial charge in [-0.2, -0.15) is 11.8 Å². The van der Waals surface area contributed by atoms with Gasteiger partial charge in [-0.1, -0.05) is 0 Å². The van der Waals surface area contributed by atoms with Gasteiger partial charge in [0.1, 0.15) is 5.75 Å². The maximum atomic E-state index is 11.6. The van der Waals surface area contributed by atoms with Crippen LogP contribution in [0.15, 0.2) is 36.7 Å². The van der Waals surface area contributed by atoms with E-state index in [-0.39, 0.29) is 5.91 Å². The van der Waals surface area contributed by atoms with Gasteiger partial charge < -0.3 is 10.1 Å². The van der Waals surface area contributed by atoms with Crippen molar-refractivity contribution in [3.8, 4) is 11.8 Å². The maximum absolute atomic E-state index is 11.6. The average molecular weight is 289 g/mol. The van der Waals surface area contributed by atoms with Gasteiger partial charge in [-0.25, -0.2) is 9.97 Å². The van der Waals surface area contributed by atoms with E-state index in [2.05, 4.69) is 15.3 Å². The Kier molecular flexibility index (Phi) is 4.95. The zero-order valence-electron chi connectivity index (χ0n) is 11.3. The summed E-state index contributed by atoms with van der Waals surface area (Å²) in [5.74, 6) is 1.06. The summed E-state index contributed by atoms with van der Waals surface area (Å²) in [6.07, 6.45) is 5.13. The molecule has 0 fully saturated rings. The lowest BCUT2D eigenvalue weighted by Gasteiger charge is -2.10. The van der Waals surface area contributed by atoms with Gasteiger partial charge in [0.25, 0.3) is 0 Å². The van der Waals surface area contributed by atoms with E-state index in [0.29, 0.717) is 17.5 Å². The molecule has 1 N–H and O–H groups in total. The highest BCUT2D eigenvalue weighted by molar-refractivity contribution is 7.99. The Morgan fingerprint density at radius 2 is 2.10 bits per heavy atom. The fraction of sp³-hybridized carbons (Fsp3) is 0.214. The van der Waals surface area contributed by atoms with Crippen molar-refractivity contribution in [1.29, 1.82) is 0 Å². The third-order valence-electron chi connectivity index (χ3n) is 2.50. The summed E-state index contributed by atoms with van der Waals surface area (Å²) in [6, 6.07) is 7.45. The molecule has 0 radical (unpaired) electrons. The number of carbonyl (C=O) groups excluding carboxylic acids is 1. The molecule has 0 aliphatic carbocycles. The number of aromatic nitrogens is 2. The fourth-order valence-corrected chi connectivity index (χ4v) is 1.94. The number of hydrogen-bond acceptors (Lipinski definition) is 5. The van der Waals surface area contributed by atoms with Crippen molar-refractivity contribution in [3.63, 3.8) is 0 Å². The Bertz CT molecular complexity index is 590. The Hall–Kier alpha value is -2.08. The molecule has 1 amide bonds. The number of aryl methyl sites for hydroxylation is 1. The van der Waals surface area contributed by atoms with Crippen molar-refractivity contribution in [2.45, 2.75) is 6.92 Å². The Labute approximate surface area is 121 Å². The molecular formula is C14H15N3O2S. The second kappa shape index (κ2) is 6.91. The molecule has 0 saturated heterocycles. The Morgan fingerprint density at radius 3 is 2.75 bits per heavy atom. The number of hydrogen-bond donors (Lipinski definition) is 1. The molecule has 0 atom stereocenters. The number of carbonyl (C=O) groups is 1. The smallest absolute Gasteiger partial charge is 0.321 e. The van der Waals surface area contributed by atoms with Gasteiger partial charge in [0.2, 0.25) is 5.91 Å². The summed E-state index contributed by atoms with van der Waals surface area (Å²) in [4.78, 5) is 19.5. The summed E-state index contributed by atoms with van der Waals surface area (Å²) < 4.78 is 5.53. The minimum Gasteiger partial charge on any atom is -0.424 e.